The van der Waals surface area contributed by atoms with Crippen LogP contribution in [0.1, 0.15) is 51.1 Å². The van der Waals surface area contributed by atoms with Crippen molar-refractivity contribution in [3.63, 3.8) is 0 Å². The van der Waals surface area contributed by atoms with Crippen LogP contribution in [0.3, 0.4) is 0 Å². The van der Waals surface area contributed by atoms with E-state index in [1.807, 2.05) is 24.0 Å². The van der Waals surface area contributed by atoms with Gasteiger partial charge in [0.25, 0.3) is 0 Å². The van der Waals surface area contributed by atoms with Gasteiger partial charge in [-0.25, -0.2) is 4.99 Å². The van der Waals surface area contributed by atoms with Crippen LogP contribution in [0, 0.1) is 5.92 Å². The molecule has 0 atom stereocenters. The highest BCUT2D eigenvalue weighted by Gasteiger charge is 2.12. The van der Waals surface area contributed by atoms with Crippen molar-refractivity contribution < 1.29 is 0 Å². The number of aromatic nitrogens is 2. The van der Waals surface area contributed by atoms with Crippen LogP contribution in [0.2, 0.25) is 0 Å². The normalized spacial score (nSPS) is 17.0. The van der Waals surface area contributed by atoms with E-state index in [1.54, 1.807) is 0 Å². The van der Waals surface area contributed by atoms with Crippen molar-refractivity contribution in [1.82, 2.24) is 20.4 Å². The van der Waals surface area contributed by atoms with E-state index in [4.69, 9.17) is 0 Å². The van der Waals surface area contributed by atoms with Crippen molar-refractivity contribution in [3.05, 3.63) is 18.0 Å². The molecule has 1 heterocycles. The van der Waals surface area contributed by atoms with Crippen LogP contribution >= 0.6 is 0 Å². The number of hydrogen-bond acceptors (Lipinski definition) is 2. The minimum absolute atomic E-state index is 0.662. The van der Waals surface area contributed by atoms with Gasteiger partial charge in [-0.3, -0.25) is 4.68 Å². The van der Waals surface area contributed by atoms with Gasteiger partial charge in [0, 0.05) is 26.3 Å². The quantitative estimate of drug-likeness (QED) is 0.625. The van der Waals surface area contributed by atoms with Gasteiger partial charge in [-0.15, -0.1) is 0 Å². The molecule has 1 fully saturated rings. The molecule has 0 spiro atoms. The summed E-state index contributed by atoms with van der Waals surface area (Å²) in [5, 5.41) is 10.9. The van der Waals surface area contributed by atoms with Gasteiger partial charge in [0.15, 0.2) is 5.96 Å². The van der Waals surface area contributed by atoms with Gasteiger partial charge in [-0.1, -0.05) is 32.1 Å². The topological polar surface area (TPSA) is 54.2 Å². The monoisotopic (exact) mass is 291 g/mol. The third-order valence-corrected chi connectivity index (χ3v) is 4.24. The van der Waals surface area contributed by atoms with Crippen molar-refractivity contribution in [3.8, 4) is 0 Å². The first-order chi connectivity index (χ1) is 10.3. The Morgan fingerprint density at radius 2 is 2.14 bits per heavy atom. The van der Waals surface area contributed by atoms with Gasteiger partial charge in [0.2, 0.25) is 0 Å². The van der Waals surface area contributed by atoms with Crippen LogP contribution in [0.4, 0.5) is 0 Å². The number of hydrogen-bond donors (Lipinski definition) is 2. The molecule has 0 aromatic carbocycles. The minimum atomic E-state index is 0.662. The number of nitrogens with zero attached hydrogens (tertiary/aromatic N) is 3. The SMILES string of the molecule is CCNC(=NCc1ccnn1C)NCCC1CCCCC1. The van der Waals surface area contributed by atoms with E-state index in [1.165, 1.54) is 38.5 Å². The van der Waals surface area contributed by atoms with E-state index in [2.05, 4.69) is 27.6 Å². The van der Waals surface area contributed by atoms with Crippen LogP contribution in [-0.4, -0.2) is 28.8 Å². The summed E-state index contributed by atoms with van der Waals surface area (Å²) in [5.74, 6) is 1.82. The molecule has 2 rings (SSSR count). The van der Waals surface area contributed by atoms with Crippen LogP contribution in [0.5, 0.6) is 0 Å². The molecule has 21 heavy (non-hydrogen) atoms. The van der Waals surface area contributed by atoms with Gasteiger partial charge in [-0.05, 0) is 25.3 Å². The highest BCUT2D eigenvalue weighted by molar-refractivity contribution is 5.79. The number of guanidine groups is 1. The lowest BCUT2D eigenvalue weighted by molar-refractivity contribution is 0.339. The number of aryl methyl sites for hydroxylation is 1. The number of aliphatic imine (C=N–C) groups is 1. The number of nitrogens with one attached hydrogen (secondary N) is 2. The standard InChI is InChI=1S/C16H29N5/c1-3-17-16(19-13-15-10-12-20-21(15)2)18-11-9-14-7-5-4-6-8-14/h10,12,14H,3-9,11,13H2,1-2H3,(H2,17,18,19). The molecule has 118 valence electrons. The third kappa shape index (κ3) is 5.40. The molecule has 5 nitrogen and oxygen atoms in total. The maximum absolute atomic E-state index is 4.63. The molecule has 1 aromatic rings. The summed E-state index contributed by atoms with van der Waals surface area (Å²) in [4.78, 5) is 4.63. The molecule has 1 aliphatic rings. The van der Waals surface area contributed by atoms with E-state index in [-0.39, 0.29) is 0 Å². The van der Waals surface area contributed by atoms with Gasteiger partial charge in [0.1, 0.15) is 0 Å². The highest BCUT2D eigenvalue weighted by Crippen LogP contribution is 2.25. The number of rotatable bonds is 6. The average Bonchev–Trinajstić information content (AvgIpc) is 2.91. The molecule has 0 amide bonds. The van der Waals surface area contributed by atoms with Crippen LogP contribution < -0.4 is 10.6 Å². The molecule has 0 bridgehead atoms. The van der Waals surface area contributed by atoms with E-state index in [0.29, 0.717) is 6.54 Å². The smallest absolute Gasteiger partial charge is 0.191 e. The second kappa shape index (κ2) is 8.70. The molecule has 5 heteroatoms. The van der Waals surface area contributed by atoms with Crippen LogP contribution in [0.15, 0.2) is 17.3 Å². The Kier molecular flexibility index (Phi) is 6.57. The van der Waals surface area contributed by atoms with Gasteiger partial charge >= 0.3 is 0 Å². The first-order valence-electron chi connectivity index (χ1n) is 8.28. The lowest BCUT2D eigenvalue weighted by atomic mass is 9.87. The molecule has 0 saturated heterocycles. The fraction of sp³-hybridized carbons (Fsp3) is 0.750. The van der Waals surface area contributed by atoms with Crippen molar-refractivity contribution in [2.24, 2.45) is 18.0 Å². The second-order valence-electron chi connectivity index (χ2n) is 5.86. The average molecular weight is 291 g/mol. The van der Waals surface area contributed by atoms with Crippen molar-refractivity contribution in [2.75, 3.05) is 13.1 Å². The van der Waals surface area contributed by atoms with Gasteiger partial charge in [0.05, 0.1) is 12.2 Å². The summed E-state index contributed by atoms with van der Waals surface area (Å²) in [5.41, 5.74) is 1.12. The van der Waals surface area contributed by atoms with Crippen LogP contribution in [-0.2, 0) is 13.6 Å². The van der Waals surface area contributed by atoms with Crippen LogP contribution in [0.25, 0.3) is 0 Å². The van der Waals surface area contributed by atoms with E-state index < -0.39 is 0 Å². The Labute approximate surface area is 128 Å². The summed E-state index contributed by atoms with van der Waals surface area (Å²) >= 11 is 0. The summed E-state index contributed by atoms with van der Waals surface area (Å²) < 4.78 is 1.87. The molecule has 0 unspecified atom stereocenters. The van der Waals surface area contributed by atoms with Crippen molar-refractivity contribution >= 4 is 5.96 Å². The Bertz CT molecular complexity index is 432. The minimum Gasteiger partial charge on any atom is -0.357 e. The highest BCUT2D eigenvalue weighted by atomic mass is 15.3. The van der Waals surface area contributed by atoms with E-state index in [9.17, 15) is 0 Å². The molecule has 1 aromatic heterocycles. The first-order valence-corrected chi connectivity index (χ1v) is 8.28. The summed E-state index contributed by atoms with van der Waals surface area (Å²) in [6, 6.07) is 2.01. The molecule has 1 aliphatic carbocycles. The molecule has 2 N–H and O–H groups in total. The first kappa shape index (κ1) is 15.9. The fourth-order valence-electron chi connectivity index (χ4n) is 2.93. The van der Waals surface area contributed by atoms with E-state index in [0.717, 1.165) is 30.7 Å². The summed E-state index contributed by atoms with van der Waals surface area (Å²) in [6.45, 7) is 4.67. The molecular formula is C16H29N5. The van der Waals surface area contributed by atoms with Crippen molar-refractivity contribution in [2.45, 2.75) is 52.0 Å². The maximum Gasteiger partial charge on any atom is 0.191 e. The zero-order valence-corrected chi connectivity index (χ0v) is 13.4. The second-order valence-corrected chi connectivity index (χ2v) is 5.86. The fourth-order valence-corrected chi connectivity index (χ4v) is 2.93. The largest absolute Gasteiger partial charge is 0.357 e. The van der Waals surface area contributed by atoms with Crippen molar-refractivity contribution in [1.29, 1.82) is 0 Å². The predicted octanol–water partition coefficient (Wildman–Crippen LogP) is 2.45. The molecule has 0 radical (unpaired) electrons. The molecule has 0 aliphatic heterocycles. The zero-order valence-electron chi connectivity index (χ0n) is 13.4. The Morgan fingerprint density at radius 3 is 2.81 bits per heavy atom. The van der Waals surface area contributed by atoms with Gasteiger partial charge < -0.3 is 10.6 Å². The summed E-state index contributed by atoms with van der Waals surface area (Å²) in [6.07, 6.45) is 10.1. The predicted molar refractivity (Wildman–Crippen MR) is 87.2 cm³/mol. The maximum atomic E-state index is 4.63. The third-order valence-electron chi connectivity index (χ3n) is 4.24. The Morgan fingerprint density at radius 1 is 1.33 bits per heavy atom. The molecular weight excluding hydrogens is 262 g/mol. The van der Waals surface area contributed by atoms with Gasteiger partial charge in [-0.2, -0.15) is 5.10 Å². The lowest BCUT2D eigenvalue weighted by Gasteiger charge is -2.22. The zero-order chi connectivity index (χ0) is 14.9. The summed E-state index contributed by atoms with van der Waals surface area (Å²) in [7, 11) is 1.95. The lowest BCUT2D eigenvalue weighted by Crippen LogP contribution is -2.38. The Balaban J connectivity index is 1.76. The van der Waals surface area contributed by atoms with E-state index >= 15 is 0 Å². The Hall–Kier alpha value is -1.52. The molecule has 1 saturated carbocycles.